The van der Waals surface area contributed by atoms with Gasteiger partial charge in [0, 0.05) is 24.5 Å². The second-order valence-electron chi connectivity index (χ2n) is 4.37. The summed E-state index contributed by atoms with van der Waals surface area (Å²) in [6.07, 6.45) is 1.96. The fourth-order valence-electron chi connectivity index (χ4n) is 1.64. The van der Waals surface area contributed by atoms with E-state index in [1.165, 1.54) is 6.08 Å². The van der Waals surface area contributed by atoms with Crippen LogP contribution in [0.15, 0.2) is 17.8 Å². The predicted octanol–water partition coefficient (Wildman–Crippen LogP) is 4.26. The first-order valence-corrected chi connectivity index (χ1v) is 7.30. The van der Waals surface area contributed by atoms with Gasteiger partial charge in [-0.1, -0.05) is 30.1 Å². The molecule has 0 radical (unpaired) electrons. The van der Waals surface area contributed by atoms with Gasteiger partial charge in [-0.25, -0.2) is 0 Å². The average Bonchev–Trinajstić information content (AvgIpc) is 2.46. The SMILES string of the molecule is CC/C(=C\c1ccc(OCCCC(=O)O)c(Cl)c1Cl)[N+](=O)[O-]. The maximum Gasteiger partial charge on any atom is 0.303 e. The Kier molecular flexibility index (Phi) is 7.14. The number of aliphatic carboxylic acids is 1. The number of hydrogen-bond acceptors (Lipinski definition) is 4. The number of carbonyl (C=O) groups is 1. The molecular weight excluding hydrogens is 333 g/mol. The van der Waals surface area contributed by atoms with Crippen LogP contribution in [-0.2, 0) is 4.79 Å². The molecule has 0 aliphatic rings. The number of nitrogens with zero attached hydrogens (tertiary/aromatic N) is 1. The largest absolute Gasteiger partial charge is 0.492 e. The summed E-state index contributed by atoms with van der Waals surface area (Å²) in [5, 5.41) is 19.7. The molecule has 22 heavy (non-hydrogen) atoms. The number of rotatable bonds is 8. The lowest BCUT2D eigenvalue weighted by Gasteiger charge is -2.10. The van der Waals surface area contributed by atoms with Crippen molar-refractivity contribution in [3.05, 3.63) is 43.6 Å². The lowest BCUT2D eigenvalue weighted by Crippen LogP contribution is -2.02. The van der Waals surface area contributed by atoms with Crippen molar-refractivity contribution in [1.29, 1.82) is 0 Å². The van der Waals surface area contributed by atoms with Crippen LogP contribution in [0.2, 0.25) is 10.0 Å². The Morgan fingerprint density at radius 2 is 2.09 bits per heavy atom. The van der Waals surface area contributed by atoms with E-state index in [9.17, 15) is 14.9 Å². The fourth-order valence-corrected chi connectivity index (χ4v) is 2.08. The molecule has 0 bridgehead atoms. The van der Waals surface area contributed by atoms with E-state index in [-0.39, 0.29) is 35.2 Å². The number of hydrogen-bond donors (Lipinski definition) is 1. The van der Waals surface area contributed by atoms with Crippen LogP contribution < -0.4 is 4.74 Å². The molecule has 1 rings (SSSR count). The van der Waals surface area contributed by atoms with E-state index in [1.54, 1.807) is 19.1 Å². The first kappa shape index (κ1) is 18.3. The number of benzene rings is 1. The van der Waals surface area contributed by atoms with Crippen LogP contribution in [-0.4, -0.2) is 22.6 Å². The molecule has 0 fully saturated rings. The summed E-state index contributed by atoms with van der Waals surface area (Å²) >= 11 is 12.2. The predicted molar refractivity (Wildman–Crippen MR) is 84.1 cm³/mol. The minimum Gasteiger partial charge on any atom is -0.492 e. The highest BCUT2D eigenvalue weighted by Crippen LogP contribution is 2.36. The third-order valence-corrected chi connectivity index (χ3v) is 3.67. The van der Waals surface area contributed by atoms with Gasteiger partial charge in [0.25, 0.3) is 0 Å². The van der Waals surface area contributed by atoms with Crippen molar-refractivity contribution >= 4 is 35.2 Å². The lowest BCUT2D eigenvalue weighted by molar-refractivity contribution is -0.425. The van der Waals surface area contributed by atoms with Crippen LogP contribution in [0, 0.1) is 10.1 Å². The molecule has 0 saturated carbocycles. The lowest BCUT2D eigenvalue weighted by atomic mass is 10.1. The van der Waals surface area contributed by atoms with Crippen molar-refractivity contribution in [3.63, 3.8) is 0 Å². The summed E-state index contributed by atoms with van der Waals surface area (Å²) in [6.45, 7) is 1.86. The van der Waals surface area contributed by atoms with Gasteiger partial charge in [0.1, 0.15) is 10.8 Å². The molecule has 0 spiro atoms. The van der Waals surface area contributed by atoms with Gasteiger partial charge >= 0.3 is 5.97 Å². The van der Waals surface area contributed by atoms with Gasteiger partial charge in [0.15, 0.2) is 0 Å². The minimum atomic E-state index is -0.903. The van der Waals surface area contributed by atoms with Gasteiger partial charge in [0.2, 0.25) is 5.70 Å². The van der Waals surface area contributed by atoms with Crippen molar-refractivity contribution in [1.82, 2.24) is 0 Å². The Morgan fingerprint density at radius 3 is 2.64 bits per heavy atom. The van der Waals surface area contributed by atoms with E-state index >= 15 is 0 Å². The molecule has 0 atom stereocenters. The summed E-state index contributed by atoms with van der Waals surface area (Å²) in [5.41, 5.74) is 0.450. The highest BCUT2D eigenvalue weighted by atomic mass is 35.5. The Morgan fingerprint density at radius 1 is 1.41 bits per heavy atom. The third-order valence-electron chi connectivity index (χ3n) is 2.79. The zero-order valence-corrected chi connectivity index (χ0v) is 13.4. The number of allylic oxidation sites excluding steroid dienone is 1. The zero-order chi connectivity index (χ0) is 16.7. The standard InChI is InChI=1S/C14H15Cl2NO5/c1-2-10(17(20)21)8-9-5-6-11(14(16)13(9)15)22-7-3-4-12(18)19/h5-6,8H,2-4,7H2,1H3,(H,18,19)/b10-8+. The van der Waals surface area contributed by atoms with E-state index in [4.69, 9.17) is 33.0 Å². The second-order valence-corrected chi connectivity index (χ2v) is 5.13. The number of nitro groups is 1. The van der Waals surface area contributed by atoms with Crippen LogP contribution in [0.4, 0.5) is 0 Å². The van der Waals surface area contributed by atoms with Crippen LogP contribution in [0.3, 0.4) is 0 Å². The number of halogens is 2. The minimum absolute atomic E-state index is 0.00509. The van der Waals surface area contributed by atoms with E-state index < -0.39 is 10.9 Å². The van der Waals surface area contributed by atoms with Crippen molar-refractivity contribution in [2.75, 3.05) is 6.61 Å². The number of carboxylic acids is 1. The molecule has 120 valence electrons. The molecule has 0 saturated heterocycles. The molecule has 0 heterocycles. The van der Waals surface area contributed by atoms with Crippen molar-refractivity contribution < 1.29 is 19.6 Å². The second kappa shape index (κ2) is 8.60. The molecule has 6 nitrogen and oxygen atoms in total. The van der Waals surface area contributed by atoms with Gasteiger partial charge in [-0.3, -0.25) is 14.9 Å². The van der Waals surface area contributed by atoms with Crippen molar-refractivity contribution in [3.8, 4) is 5.75 Å². The Balaban J connectivity index is 2.88. The molecule has 8 heteroatoms. The molecular formula is C14H15Cl2NO5. The summed E-state index contributed by atoms with van der Waals surface area (Å²) in [6, 6.07) is 3.12. The number of carboxylic acid groups (broad SMARTS) is 1. The summed E-state index contributed by atoms with van der Waals surface area (Å²) in [5.74, 6) is -0.589. The maximum absolute atomic E-state index is 10.8. The quantitative estimate of drug-likeness (QED) is 0.431. The van der Waals surface area contributed by atoms with Crippen molar-refractivity contribution in [2.45, 2.75) is 26.2 Å². The molecule has 1 N–H and O–H groups in total. The highest BCUT2D eigenvalue weighted by molar-refractivity contribution is 6.43. The summed E-state index contributed by atoms with van der Waals surface area (Å²) < 4.78 is 5.37. The maximum atomic E-state index is 10.8. The first-order valence-electron chi connectivity index (χ1n) is 6.54. The van der Waals surface area contributed by atoms with Gasteiger partial charge in [-0.2, -0.15) is 0 Å². The van der Waals surface area contributed by atoms with Gasteiger partial charge in [-0.15, -0.1) is 0 Å². The van der Waals surface area contributed by atoms with Gasteiger partial charge < -0.3 is 9.84 Å². The molecule has 0 unspecified atom stereocenters. The summed E-state index contributed by atoms with van der Waals surface area (Å²) in [7, 11) is 0. The zero-order valence-electron chi connectivity index (χ0n) is 11.8. The summed E-state index contributed by atoms with van der Waals surface area (Å²) in [4.78, 5) is 20.7. The number of ether oxygens (including phenoxy) is 1. The highest BCUT2D eigenvalue weighted by Gasteiger charge is 2.14. The van der Waals surface area contributed by atoms with Gasteiger partial charge in [0.05, 0.1) is 16.6 Å². The molecule has 1 aromatic carbocycles. The van der Waals surface area contributed by atoms with E-state index in [0.717, 1.165) is 0 Å². The normalized spacial score (nSPS) is 11.3. The monoisotopic (exact) mass is 347 g/mol. The first-order chi connectivity index (χ1) is 10.4. The van der Waals surface area contributed by atoms with Gasteiger partial charge in [-0.05, 0) is 18.6 Å². The molecule has 0 aliphatic carbocycles. The fraction of sp³-hybridized carbons (Fsp3) is 0.357. The van der Waals surface area contributed by atoms with Crippen LogP contribution >= 0.6 is 23.2 Å². The Labute approximate surface area is 137 Å². The van der Waals surface area contributed by atoms with E-state index in [0.29, 0.717) is 17.7 Å². The van der Waals surface area contributed by atoms with Crippen LogP contribution in [0.5, 0.6) is 5.75 Å². The van der Waals surface area contributed by atoms with E-state index in [1.807, 2.05) is 0 Å². The molecule has 0 amide bonds. The third kappa shape index (κ3) is 5.20. The Bertz CT molecular complexity index is 601. The topological polar surface area (TPSA) is 89.7 Å². The molecule has 0 aromatic heterocycles. The Hall–Kier alpha value is -1.79. The smallest absolute Gasteiger partial charge is 0.303 e. The van der Waals surface area contributed by atoms with Crippen molar-refractivity contribution in [2.24, 2.45) is 0 Å². The van der Waals surface area contributed by atoms with E-state index in [2.05, 4.69) is 0 Å². The average molecular weight is 348 g/mol. The molecule has 0 aliphatic heterocycles. The van der Waals surface area contributed by atoms with Crippen LogP contribution in [0.25, 0.3) is 6.08 Å². The van der Waals surface area contributed by atoms with Crippen LogP contribution in [0.1, 0.15) is 31.7 Å². The molecule has 1 aromatic rings.